The van der Waals surface area contributed by atoms with Crippen molar-refractivity contribution in [2.24, 2.45) is 0 Å². The molecule has 0 bridgehead atoms. The summed E-state index contributed by atoms with van der Waals surface area (Å²) < 4.78 is 10.5. The van der Waals surface area contributed by atoms with Gasteiger partial charge in [0.05, 0.1) is 12.6 Å². The fraction of sp³-hybridized carbons (Fsp3) is 0.444. The third-order valence-electron chi connectivity index (χ3n) is 2.91. The molecule has 0 aliphatic heterocycles. The minimum absolute atomic E-state index is 0.0308. The van der Waals surface area contributed by atoms with Crippen LogP contribution >= 0.6 is 0 Å². The van der Waals surface area contributed by atoms with Gasteiger partial charge in [-0.1, -0.05) is 36.3 Å². The van der Waals surface area contributed by atoms with Crippen molar-refractivity contribution in [3.63, 3.8) is 0 Å². The lowest BCUT2D eigenvalue weighted by molar-refractivity contribution is 0.0458. The van der Waals surface area contributed by atoms with Crippen molar-refractivity contribution in [1.29, 1.82) is 0 Å². The molecule has 0 saturated heterocycles. The van der Waals surface area contributed by atoms with Crippen LogP contribution in [0.3, 0.4) is 0 Å². The molecule has 1 aromatic rings. The highest BCUT2D eigenvalue weighted by molar-refractivity contribution is 5.69. The van der Waals surface area contributed by atoms with Gasteiger partial charge in [0.15, 0.2) is 0 Å². The summed E-state index contributed by atoms with van der Waals surface area (Å²) in [6.45, 7) is 5.45. The molecule has 0 spiro atoms. The lowest BCUT2D eigenvalue weighted by Crippen LogP contribution is -2.38. The van der Waals surface area contributed by atoms with Crippen LogP contribution < -0.4 is 5.32 Å². The molecule has 0 radical (unpaired) electrons. The minimum Gasteiger partial charge on any atom is -0.447 e. The van der Waals surface area contributed by atoms with Crippen LogP contribution in [0.25, 0.3) is 0 Å². The maximum absolute atomic E-state index is 12.0. The Bertz CT molecular complexity index is 587. The smallest absolute Gasteiger partial charge is 0.410 e. The van der Waals surface area contributed by atoms with E-state index < -0.39 is 23.8 Å². The molecule has 0 aromatic heterocycles. The summed E-state index contributed by atoms with van der Waals surface area (Å²) in [7, 11) is 1.54. The first-order chi connectivity index (χ1) is 11.2. The van der Waals surface area contributed by atoms with Gasteiger partial charge >= 0.3 is 12.2 Å². The quantitative estimate of drug-likeness (QED) is 0.842. The number of nitrogens with one attached hydrogen (secondary N) is 1. The van der Waals surface area contributed by atoms with Gasteiger partial charge in [-0.05, 0) is 26.3 Å². The number of hydrogen-bond acceptors (Lipinski definition) is 4. The maximum atomic E-state index is 12.0. The number of rotatable bonds is 5. The Morgan fingerprint density at radius 3 is 2.46 bits per heavy atom. The standard InChI is InChI=1S/C18H24N2O4/c1-6-12-20(5)17(22)23-13-15(14-10-8-7-9-11-14)19-16(21)24-18(2,3)4/h1,7-11,15H,12-13H2,2-5H3,(H,19,21). The molecule has 130 valence electrons. The Balaban J connectivity index is 2.75. The summed E-state index contributed by atoms with van der Waals surface area (Å²) in [5, 5.41) is 2.72. The molecule has 0 aliphatic rings. The number of alkyl carbamates (subject to hydrolysis) is 1. The van der Waals surface area contributed by atoms with E-state index in [0.717, 1.165) is 5.56 Å². The average molecular weight is 332 g/mol. The number of terminal acetylenes is 1. The van der Waals surface area contributed by atoms with E-state index in [1.165, 1.54) is 4.90 Å². The van der Waals surface area contributed by atoms with Gasteiger partial charge in [-0.3, -0.25) is 0 Å². The fourth-order valence-corrected chi connectivity index (χ4v) is 1.82. The first kappa shape index (κ1) is 19.4. The second-order valence-corrected chi connectivity index (χ2v) is 6.25. The molecule has 1 rings (SSSR count). The van der Waals surface area contributed by atoms with Crippen LogP contribution in [-0.2, 0) is 9.47 Å². The van der Waals surface area contributed by atoms with E-state index in [1.54, 1.807) is 27.8 Å². The van der Waals surface area contributed by atoms with Gasteiger partial charge < -0.3 is 19.7 Å². The Labute approximate surface area is 143 Å². The first-order valence-electron chi connectivity index (χ1n) is 7.58. The van der Waals surface area contributed by atoms with E-state index >= 15 is 0 Å². The van der Waals surface area contributed by atoms with Crippen molar-refractivity contribution in [1.82, 2.24) is 10.2 Å². The second-order valence-electron chi connectivity index (χ2n) is 6.25. The molecule has 6 nitrogen and oxygen atoms in total. The largest absolute Gasteiger partial charge is 0.447 e. The number of carbonyl (C=O) groups is 2. The SMILES string of the molecule is C#CCN(C)C(=O)OCC(NC(=O)OC(C)(C)C)c1ccccc1. The van der Waals surface area contributed by atoms with Gasteiger partial charge in [0.25, 0.3) is 0 Å². The van der Waals surface area contributed by atoms with E-state index in [1.807, 2.05) is 30.3 Å². The van der Waals surface area contributed by atoms with Gasteiger partial charge in [0.1, 0.15) is 12.2 Å². The molecule has 0 saturated carbocycles. The Hall–Kier alpha value is -2.68. The average Bonchev–Trinajstić information content (AvgIpc) is 2.50. The molecule has 1 aromatic carbocycles. The van der Waals surface area contributed by atoms with Crippen LogP contribution in [0.1, 0.15) is 32.4 Å². The van der Waals surface area contributed by atoms with E-state index in [0.29, 0.717) is 0 Å². The molecule has 1 unspecified atom stereocenters. The first-order valence-corrected chi connectivity index (χ1v) is 7.58. The minimum atomic E-state index is -0.616. The van der Waals surface area contributed by atoms with Crippen molar-refractivity contribution in [3.8, 4) is 12.3 Å². The van der Waals surface area contributed by atoms with Gasteiger partial charge in [-0.15, -0.1) is 6.42 Å². The van der Waals surface area contributed by atoms with Gasteiger partial charge in [0.2, 0.25) is 0 Å². The summed E-state index contributed by atoms with van der Waals surface area (Å²) in [6.07, 6.45) is 4.03. The zero-order chi connectivity index (χ0) is 18.2. The third kappa shape index (κ3) is 7.05. The van der Waals surface area contributed by atoms with Crippen LogP contribution in [0, 0.1) is 12.3 Å². The zero-order valence-electron chi connectivity index (χ0n) is 14.5. The van der Waals surface area contributed by atoms with Crippen molar-refractivity contribution in [3.05, 3.63) is 35.9 Å². The van der Waals surface area contributed by atoms with Crippen LogP contribution in [0.4, 0.5) is 9.59 Å². The number of ether oxygens (including phenoxy) is 2. The number of carbonyl (C=O) groups excluding carboxylic acids is 2. The summed E-state index contributed by atoms with van der Waals surface area (Å²) in [5.41, 5.74) is 0.186. The Morgan fingerprint density at radius 2 is 1.92 bits per heavy atom. The van der Waals surface area contributed by atoms with Crippen molar-refractivity contribution >= 4 is 12.2 Å². The molecule has 0 fully saturated rings. The van der Waals surface area contributed by atoms with E-state index in [2.05, 4.69) is 11.2 Å². The lowest BCUT2D eigenvalue weighted by Gasteiger charge is -2.24. The van der Waals surface area contributed by atoms with E-state index in [9.17, 15) is 9.59 Å². The summed E-state index contributed by atoms with van der Waals surface area (Å²) in [5.74, 6) is 2.36. The van der Waals surface area contributed by atoms with Crippen molar-refractivity contribution < 1.29 is 19.1 Å². The normalized spacial score (nSPS) is 11.8. The molecule has 0 aliphatic carbocycles. The van der Waals surface area contributed by atoms with Crippen LogP contribution in [0.15, 0.2) is 30.3 Å². The second kappa shape index (κ2) is 8.82. The lowest BCUT2D eigenvalue weighted by atomic mass is 10.1. The van der Waals surface area contributed by atoms with Crippen LogP contribution in [0.2, 0.25) is 0 Å². The van der Waals surface area contributed by atoms with E-state index in [-0.39, 0.29) is 13.2 Å². The molecule has 1 N–H and O–H groups in total. The van der Waals surface area contributed by atoms with Crippen molar-refractivity contribution in [2.45, 2.75) is 32.4 Å². The highest BCUT2D eigenvalue weighted by Gasteiger charge is 2.22. The molecule has 0 heterocycles. The zero-order valence-corrected chi connectivity index (χ0v) is 14.5. The predicted octanol–water partition coefficient (Wildman–Crippen LogP) is 2.95. The number of benzene rings is 1. The third-order valence-corrected chi connectivity index (χ3v) is 2.91. The van der Waals surface area contributed by atoms with Crippen molar-refractivity contribution in [2.75, 3.05) is 20.2 Å². The molecular formula is C18H24N2O4. The van der Waals surface area contributed by atoms with Gasteiger partial charge in [-0.25, -0.2) is 9.59 Å². The highest BCUT2D eigenvalue weighted by Crippen LogP contribution is 2.15. The van der Waals surface area contributed by atoms with Gasteiger partial charge in [0, 0.05) is 7.05 Å². The summed E-state index contributed by atoms with van der Waals surface area (Å²) in [6, 6.07) is 8.68. The van der Waals surface area contributed by atoms with E-state index in [4.69, 9.17) is 15.9 Å². The Morgan fingerprint density at radius 1 is 1.29 bits per heavy atom. The molecule has 6 heteroatoms. The van der Waals surface area contributed by atoms with Crippen LogP contribution in [-0.4, -0.2) is 42.9 Å². The fourth-order valence-electron chi connectivity index (χ4n) is 1.82. The summed E-state index contributed by atoms with van der Waals surface area (Å²) in [4.78, 5) is 25.1. The topological polar surface area (TPSA) is 67.9 Å². The number of amides is 2. The molecular weight excluding hydrogens is 308 g/mol. The van der Waals surface area contributed by atoms with Crippen LogP contribution in [0.5, 0.6) is 0 Å². The highest BCUT2D eigenvalue weighted by atomic mass is 16.6. The Kier molecular flexibility index (Phi) is 7.12. The molecule has 2 amide bonds. The number of nitrogens with zero attached hydrogens (tertiary/aromatic N) is 1. The predicted molar refractivity (Wildman–Crippen MR) is 91.4 cm³/mol. The monoisotopic (exact) mass is 332 g/mol. The maximum Gasteiger partial charge on any atom is 0.410 e. The summed E-state index contributed by atoms with van der Waals surface area (Å²) >= 11 is 0. The number of hydrogen-bond donors (Lipinski definition) is 1. The van der Waals surface area contributed by atoms with Gasteiger partial charge in [-0.2, -0.15) is 0 Å². The molecule has 1 atom stereocenters. The molecule has 24 heavy (non-hydrogen) atoms.